The van der Waals surface area contributed by atoms with Gasteiger partial charge in [0.05, 0.1) is 55.0 Å². The maximum absolute atomic E-state index is 11.2. The van der Waals surface area contributed by atoms with Crippen molar-refractivity contribution < 1.29 is 28.2 Å². The number of nitrogens with zero attached hydrogens (tertiary/aromatic N) is 1. The third-order valence-corrected chi connectivity index (χ3v) is 6.28. The van der Waals surface area contributed by atoms with Gasteiger partial charge in [0.15, 0.2) is 23.0 Å². The zero-order chi connectivity index (χ0) is 21.7. The maximum atomic E-state index is 11.2. The van der Waals surface area contributed by atoms with Gasteiger partial charge in [0.25, 0.3) is 0 Å². The second kappa shape index (κ2) is 9.39. The lowest BCUT2D eigenvalue weighted by atomic mass is 9.86. The normalized spacial score (nSPS) is 20.2. The van der Waals surface area contributed by atoms with Gasteiger partial charge < -0.3 is 28.2 Å². The molecule has 0 amide bonds. The molecule has 6 nitrogen and oxygen atoms in total. The Bertz CT molecular complexity index is 897. The van der Waals surface area contributed by atoms with Gasteiger partial charge in [0.2, 0.25) is 0 Å². The smallest absolute Gasteiger partial charge is 0.161 e. The molecule has 1 aliphatic rings. The van der Waals surface area contributed by atoms with E-state index in [1.165, 1.54) is 11.1 Å². The summed E-state index contributed by atoms with van der Waals surface area (Å²) in [4.78, 5) is 11.2. The molecule has 0 radical (unpaired) electrons. The van der Waals surface area contributed by atoms with Gasteiger partial charge in [-0.15, -0.1) is 0 Å². The minimum Gasteiger partial charge on any atom is -0.493 e. The van der Waals surface area contributed by atoms with Crippen molar-refractivity contribution in [2.24, 2.45) is 0 Å². The molecule has 0 N–H and O–H groups in total. The van der Waals surface area contributed by atoms with Crippen LogP contribution in [-0.4, -0.2) is 59.3 Å². The second-order valence-corrected chi connectivity index (χ2v) is 7.95. The van der Waals surface area contributed by atoms with Crippen LogP contribution in [0.4, 0.5) is 0 Å². The van der Waals surface area contributed by atoms with Gasteiger partial charge in [-0.2, -0.15) is 0 Å². The van der Waals surface area contributed by atoms with E-state index in [4.69, 9.17) is 18.9 Å². The van der Waals surface area contributed by atoms with Gasteiger partial charge in [-0.05, 0) is 35.4 Å². The van der Waals surface area contributed by atoms with Crippen molar-refractivity contribution in [1.29, 1.82) is 0 Å². The highest BCUT2D eigenvalue weighted by molar-refractivity contribution is 5.50. The van der Waals surface area contributed by atoms with E-state index in [0.29, 0.717) is 6.42 Å². The summed E-state index contributed by atoms with van der Waals surface area (Å²) < 4.78 is 22.8. The molecule has 2 unspecified atom stereocenters. The lowest BCUT2D eigenvalue weighted by molar-refractivity contribution is -0.940. The molecule has 0 saturated carbocycles. The fourth-order valence-electron chi connectivity index (χ4n) is 4.51. The van der Waals surface area contributed by atoms with Crippen LogP contribution in [-0.2, 0) is 17.6 Å². The first-order chi connectivity index (χ1) is 14.5. The average Bonchev–Trinajstić information content (AvgIpc) is 2.78. The zero-order valence-corrected chi connectivity index (χ0v) is 18.6. The van der Waals surface area contributed by atoms with Gasteiger partial charge >= 0.3 is 0 Å². The highest BCUT2D eigenvalue weighted by Gasteiger charge is 2.39. The predicted molar refractivity (Wildman–Crippen MR) is 116 cm³/mol. The lowest BCUT2D eigenvalue weighted by Gasteiger charge is -2.46. The highest BCUT2D eigenvalue weighted by Crippen LogP contribution is 2.43. The minimum absolute atomic E-state index is 0.187. The lowest BCUT2D eigenvalue weighted by Crippen LogP contribution is -2.52. The fourth-order valence-corrected chi connectivity index (χ4v) is 4.51. The van der Waals surface area contributed by atoms with Gasteiger partial charge in [-0.3, -0.25) is 0 Å². The summed E-state index contributed by atoms with van der Waals surface area (Å²) in [5.74, 6) is 2.93. The van der Waals surface area contributed by atoms with Crippen molar-refractivity contribution in [2.45, 2.75) is 25.3 Å². The third-order valence-electron chi connectivity index (χ3n) is 6.28. The second-order valence-electron chi connectivity index (χ2n) is 7.95. The SMILES string of the molecule is COc1ccc(CC2c3cc(OC)c(OC)cc3CC[N+]2(C)CCC=O)cc1OC. The molecule has 3 rings (SSSR count). The summed E-state index contributed by atoms with van der Waals surface area (Å²) in [6.45, 7) is 1.77. The number of carbonyl (C=O) groups is 1. The highest BCUT2D eigenvalue weighted by atomic mass is 16.5. The molecule has 0 bridgehead atoms. The van der Waals surface area contributed by atoms with E-state index in [1.807, 2.05) is 12.1 Å². The predicted octanol–water partition coefficient (Wildman–Crippen LogP) is 3.60. The first-order valence-electron chi connectivity index (χ1n) is 10.2. The topological polar surface area (TPSA) is 54.0 Å². The van der Waals surface area contributed by atoms with Gasteiger partial charge in [0.1, 0.15) is 12.3 Å². The van der Waals surface area contributed by atoms with Crippen LogP contribution in [0, 0.1) is 0 Å². The molecule has 6 heteroatoms. The number of hydrogen-bond acceptors (Lipinski definition) is 5. The van der Waals surface area contributed by atoms with Crippen LogP contribution in [0.3, 0.4) is 0 Å². The molecule has 2 atom stereocenters. The molecule has 0 aliphatic carbocycles. The van der Waals surface area contributed by atoms with E-state index in [1.54, 1.807) is 28.4 Å². The van der Waals surface area contributed by atoms with E-state index in [2.05, 4.69) is 25.2 Å². The number of ether oxygens (including phenoxy) is 4. The van der Waals surface area contributed by atoms with Crippen molar-refractivity contribution in [2.75, 3.05) is 48.6 Å². The molecule has 162 valence electrons. The number of likely N-dealkylation sites (N-methyl/N-ethyl adjacent to an activating group) is 1. The largest absolute Gasteiger partial charge is 0.493 e. The summed E-state index contributed by atoms with van der Waals surface area (Å²) in [6.07, 6.45) is 3.31. The van der Waals surface area contributed by atoms with E-state index in [9.17, 15) is 4.79 Å². The minimum atomic E-state index is 0.187. The number of hydrogen-bond donors (Lipinski definition) is 0. The molecule has 0 fully saturated rings. The number of quaternary nitrogens is 1. The van der Waals surface area contributed by atoms with Crippen molar-refractivity contribution in [3.63, 3.8) is 0 Å². The fraction of sp³-hybridized carbons (Fsp3) is 0.458. The summed E-state index contributed by atoms with van der Waals surface area (Å²) in [6, 6.07) is 10.5. The summed E-state index contributed by atoms with van der Waals surface area (Å²) in [5, 5.41) is 0. The Balaban J connectivity index is 2.06. The Hall–Kier alpha value is -2.73. The zero-order valence-electron chi connectivity index (χ0n) is 18.6. The van der Waals surface area contributed by atoms with E-state index < -0.39 is 0 Å². The Morgan fingerprint density at radius 3 is 2.20 bits per heavy atom. The van der Waals surface area contributed by atoms with Crippen LogP contribution in [0.5, 0.6) is 23.0 Å². The molecule has 2 aromatic rings. The summed E-state index contributed by atoms with van der Waals surface area (Å²) in [5.41, 5.74) is 3.69. The van der Waals surface area contributed by atoms with Crippen LogP contribution in [0.2, 0.25) is 0 Å². The van der Waals surface area contributed by atoms with Crippen LogP contribution in [0.25, 0.3) is 0 Å². The van der Waals surface area contributed by atoms with Crippen LogP contribution in [0.15, 0.2) is 30.3 Å². The van der Waals surface area contributed by atoms with Crippen LogP contribution >= 0.6 is 0 Å². The van der Waals surface area contributed by atoms with Crippen LogP contribution < -0.4 is 18.9 Å². The Morgan fingerprint density at radius 1 is 0.933 bits per heavy atom. The van der Waals surface area contributed by atoms with Gasteiger partial charge in [-0.25, -0.2) is 0 Å². The monoisotopic (exact) mass is 414 g/mol. The van der Waals surface area contributed by atoms with Crippen LogP contribution in [0.1, 0.15) is 29.2 Å². The standard InChI is InChI=1S/C24H32NO5/c1-25(10-6-12-26)11-9-18-15-23(29-4)24(30-5)16-19(18)20(25)13-17-7-8-21(27-2)22(14-17)28-3/h7-8,12,14-16,20H,6,9-11,13H2,1-5H3/q+1. The number of methoxy groups -OCH3 is 4. The molecule has 1 aliphatic heterocycles. The molecule has 30 heavy (non-hydrogen) atoms. The van der Waals surface area contributed by atoms with Gasteiger partial charge in [0, 0.05) is 18.4 Å². The summed E-state index contributed by atoms with van der Waals surface area (Å²) in [7, 11) is 8.87. The Kier molecular flexibility index (Phi) is 6.87. The number of aldehydes is 1. The molecule has 1 heterocycles. The van der Waals surface area contributed by atoms with E-state index in [-0.39, 0.29) is 6.04 Å². The Labute approximate surface area is 178 Å². The molecule has 0 aromatic heterocycles. The average molecular weight is 415 g/mol. The number of benzene rings is 2. The molecule has 0 spiro atoms. The Morgan fingerprint density at radius 2 is 1.57 bits per heavy atom. The van der Waals surface area contributed by atoms with Crippen molar-refractivity contribution in [1.82, 2.24) is 0 Å². The van der Waals surface area contributed by atoms with E-state index in [0.717, 1.165) is 65.3 Å². The quantitative estimate of drug-likeness (QED) is 0.464. The van der Waals surface area contributed by atoms with Crippen molar-refractivity contribution in [3.05, 3.63) is 47.0 Å². The van der Waals surface area contributed by atoms with E-state index >= 15 is 0 Å². The summed E-state index contributed by atoms with van der Waals surface area (Å²) >= 11 is 0. The first kappa shape index (κ1) is 22.0. The molecule has 0 saturated heterocycles. The number of carbonyl (C=O) groups excluding carboxylic acids is 1. The molecular formula is C24H32NO5+. The maximum Gasteiger partial charge on any atom is 0.161 e. The number of fused-ring (bicyclic) bond motifs is 1. The third kappa shape index (κ3) is 4.24. The first-order valence-corrected chi connectivity index (χ1v) is 10.2. The van der Waals surface area contributed by atoms with Crippen molar-refractivity contribution in [3.8, 4) is 23.0 Å². The van der Waals surface area contributed by atoms with Gasteiger partial charge in [-0.1, -0.05) is 6.07 Å². The number of rotatable bonds is 9. The molecule has 2 aromatic carbocycles. The molecular weight excluding hydrogens is 382 g/mol. The van der Waals surface area contributed by atoms with Crippen molar-refractivity contribution >= 4 is 6.29 Å².